The highest BCUT2D eigenvalue weighted by Gasteiger charge is 2.57. The van der Waals surface area contributed by atoms with E-state index in [0.717, 1.165) is 17.2 Å². The number of aromatic nitrogens is 9. The summed E-state index contributed by atoms with van der Waals surface area (Å²) in [5.41, 5.74) is 3.13. The van der Waals surface area contributed by atoms with Gasteiger partial charge >= 0.3 is 15.1 Å². The van der Waals surface area contributed by atoms with Crippen LogP contribution in [-0.2, 0) is 38.0 Å². The maximum Gasteiger partial charge on any atom is 0.386 e. The number of nitrogens with zero attached hydrogens (tertiary/aromatic N) is 7. The average molecular weight is 698 g/mol. The second-order valence-corrected chi connectivity index (χ2v) is 13.3. The lowest BCUT2D eigenvalue weighted by molar-refractivity contribution is -0.0491. The van der Waals surface area contributed by atoms with E-state index < -0.39 is 88.6 Å². The molecule has 244 valence electrons. The second-order valence-electron chi connectivity index (χ2n) is 9.68. The van der Waals surface area contributed by atoms with Gasteiger partial charge in [0.15, 0.2) is 40.8 Å². The van der Waals surface area contributed by atoms with E-state index in [0.29, 0.717) is 4.68 Å². The highest BCUT2D eigenvalue weighted by Crippen LogP contribution is 2.57. The first-order chi connectivity index (χ1) is 21.3. The zero-order valence-corrected chi connectivity index (χ0v) is 25.0. The number of aliphatic hydroxyl groups excluding tert-OH is 1. The maximum absolute atomic E-state index is 16.4. The van der Waals surface area contributed by atoms with E-state index in [2.05, 4.69) is 47.5 Å². The number of H-pyrrole nitrogens is 2. The highest BCUT2D eigenvalue weighted by molar-refractivity contribution is 8.44. The fourth-order valence-electron chi connectivity index (χ4n) is 4.94. The molecule has 4 aromatic rings. The smallest absolute Gasteiger partial charge is 0.386 e. The number of nitrogen functional groups attached to an aromatic ring is 1. The Morgan fingerprint density at radius 2 is 2.04 bits per heavy atom. The number of thiol groups is 1. The van der Waals surface area contributed by atoms with Gasteiger partial charge in [-0.2, -0.15) is 9.67 Å². The largest absolute Gasteiger partial charge is 0.394 e. The fraction of sp³-hybridized carbons (Fsp3) is 0.526. The van der Waals surface area contributed by atoms with Crippen LogP contribution in [0, 0.1) is 0 Å². The Balaban J connectivity index is 1.23. The molecule has 4 aromatic heterocycles. The zero-order valence-electron chi connectivity index (χ0n) is 22.2. The molecule has 2 fully saturated rings. The number of imidazole rings is 1. The fourth-order valence-corrected chi connectivity index (χ4v) is 6.94. The predicted octanol–water partition coefficient (Wildman–Crippen LogP) is -1.31. The minimum atomic E-state index is -4.63. The number of hydrogen-bond acceptors (Lipinski definition) is 16. The van der Waals surface area contributed by atoms with Crippen LogP contribution >= 0.6 is 27.3 Å². The van der Waals surface area contributed by atoms with Crippen molar-refractivity contribution in [3.05, 3.63) is 33.4 Å². The zero-order chi connectivity index (χ0) is 32.3. The van der Waals surface area contributed by atoms with Crippen molar-refractivity contribution >= 4 is 55.6 Å². The Morgan fingerprint density at radius 1 is 1.27 bits per heavy atom. The molecule has 21 nitrogen and oxygen atoms in total. The first kappa shape index (κ1) is 31.8. The van der Waals surface area contributed by atoms with Crippen molar-refractivity contribution in [2.24, 2.45) is 0 Å². The first-order valence-corrected chi connectivity index (χ1v) is 16.6. The lowest BCUT2D eigenvalue weighted by Crippen LogP contribution is -2.45. The summed E-state index contributed by atoms with van der Waals surface area (Å²) in [6.45, 7) is -7.19. The van der Waals surface area contributed by atoms with Crippen LogP contribution in [0.25, 0.3) is 22.3 Å². The van der Waals surface area contributed by atoms with E-state index in [4.69, 9.17) is 28.8 Å². The molecule has 2 aliphatic heterocycles. The number of halogens is 2. The van der Waals surface area contributed by atoms with Gasteiger partial charge in [0.25, 0.3) is 16.9 Å². The molecule has 45 heavy (non-hydrogen) atoms. The van der Waals surface area contributed by atoms with Crippen LogP contribution in [-0.4, -0.2) is 105 Å². The number of hydrogen-bond donors (Lipinski definition) is 6. The molecule has 0 spiro atoms. The van der Waals surface area contributed by atoms with Gasteiger partial charge in [0, 0.05) is 0 Å². The van der Waals surface area contributed by atoms with Crippen molar-refractivity contribution in [1.29, 1.82) is 0 Å². The maximum atomic E-state index is 16.4. The van der Waals surface area contributed by atoms with Crippen LogP contribution in [0.4, 0.5) is 14.7 Å². The van der Waals surface area contributed by atoms with Crippen molar-refractivity contribution in [2.75, 3.05) is 25.6 Å². The average Bonchev–Trinajstić information content (AvgIpc) is 3.74. The van der Waals surface area contributed by atoms with Crippen molar-refractivity contribution in [3.8, 4) is 0 Å². The summed E-state index contributed by atoms with van der Waals surface area (Å²) < 4.78 is 84.8. The number of rotatable bonds is 10. The molecule has 0 saturated carbocycles. The molecule has 6 N–H and O–H groups in total. The van der Waals surface area contributed by atoms with Crippen molar-refractivity contribution < 1.29 is 51.0 Å². The van der Waals surface area contributed by atoms with E-state index >= 15 is 8.78 Å². The first-order valence-electron chi connectivity index (χ1n) is 12.6. The third-order valence-corrected chi connectivity index (χ3v) is 8.99. The molecular formula is C19H22F2N10O11P2S. The van der Waals surface area contributed by atoms with Crippen molar-refractivity contribution in [1.82, 2.24) is 44.5 Å². The molecule has 2 saturated heterocycles. The van der Waals surface area contributed by atoms with E-state index in [1.807, 2.05) is 0 Å². The monoisotopic (exact) mass is 698 g/mol. The van der Waals surface area contributed by atoms with E-state index in [1.54, 1.807) is 0 Å². The number of alkyl halides is 2. The van der Waals surface area contributed by atoms with Gasteiger partial charge in [-0.1, -0.05) is 17.5 Å². The number of anilines is 1. The molecule has 0 radical (unpaired) electrons. The van der Waals surface area contributed by atoms with Crippen molar-refractivity contribution in [3.63, 3.8) is 0 Å². The summed E-state index contributed by atoms with van der Waals surface area (Å²) in [4.78, 5) is 49.9. The summed E-state index contributed by atoms with van der Waals surface area (Å²) in [7, 11) is -3.85. The standard InChI is InChI=1S/C19H22F2N10O11P2S/c20-8-6(1-32)40-17(30-5-25-9-14(30)26-18(22)27-16(9)34)11(8)42-44(37,45)39-2-7-12(41-43(35)36)19(21,3-38-7)31-13-10(28-29-31)15(33)24-4-23-13/h4-8,11-12,17,32,43H,1-3H2,(H,35,36)(H,37,45)(H,23,24,33)(H3,22,26,27,34)/t6-,7-,8-,11-,12-,17-,19-,44?/m1/s1. The van der Waals surface area contributed by atoms with Crippen LogP contribution in [0.1, 0.15) is 6.23 Å². The Labute approximate surface area is 252 Å². The highest BCUT2D eigenvalue weighted by atomic mass is 32.7. The normalized spacial score (nSPS) is 30.7. The summed E-state index contributed by atoms with van der Waals surface area (Å²) in [6.07, 6.45) is -8.46. The van der Waals surface area contributed by atoms with Crippen molar-refractivity contribution in [2.45, 2.75) is 42.6 Å². The second kappa shape index (κ2) is 11.9. The number of fused-ring (bicyclic) bond motifs is 2. The minimum absolute atomic E-state index is 0.148. The minimum Gasteiger partial charge on any atom is -0.394 e. The Hall–Kier alpha value is -3.18. The summed E-state index contributed by atoms with van der Waals surface area (Å²) in [5, 5.41) is 16.8. The number of ether oxygens (including phenoxy) is 2. The van der Waals surface area contributed by atoms with Gasteiger partial charge in [0.05, 0.1) is 25.9 Å². The molecule has 2 unspecified atom stereocenters. The molecule has 0 bridgehead atoms. The van der Waals surface area contributed by atoms with Crippen LogP contribution in [0.15, 0.2) is 22.2 Å². The van der Waals surface area contributed by atoms with Crippen LogP contribution in [0.2, 0.25) is 0 Å². The summed E-state index contributed by atoms with van der Waals surface area (Å²) in [5.74, 6) is -3.17. The van der Waals surface area contributed by atoms with Gasteiger partial charge in [-0.3, -0.25) is 37.3 Å². The third kappa shape index (κ3) is 5.71. The number of aromatic amines is 2. The molecule has 6 heterocycles. The molecule has 26 heteroatoms. The number of nitrogens with one attached hydrogen (secondary N) is 2. The third-order valence-electron chi connectivity index (χ3n) is 6.92. The molecular weight excluding hydrogens is 676 g/mol. The summed E-state index contributed by atoms with van der Waals surface area (Å²) in [6, 6.07) is 0. The van der Waals surface area contributed by atoms with Gasteiger partial charge in [-0.15, -0.1) is 5.10 Å². The van der Waals surface area contributed by atoms with Crippen LogP contribution in [0.3, 0.4) is 0 Å². The molecule has 9 atom stereocenters. The van der Waals surface area contributed by atoms with Gasteiger partial charge in [-0.05, 0) is 0 Å². The Morgan fingerprint density at radius 3 is 2.78 bits per heavy atom. The topological polar surface area (TPSA) is 287 Å². The van der Waals surface area contributed by atoms with Crippen LogP contribution < -0.4 is 16.9 Å². The van der Waals surface area contributed by atoms with Gasteiger partial charge in [-0.25, -0.2) is 23.3 Å². The van der Waals surface area contributed by atoms with Gasteiger partial charge in [0.2, 0.25) is 5.95 Å². The van der Waals surface area contributed by atoms with Gasteiger partial charge < -0.3 is 30.2 Å². The Kier molecular flexibility index (Phi) is 8.39. The quantitative estimate of drug-likeness (QED) is 0.0827. The van der Waals surface area contributed by atoms with Crippen LogP contribution in [0.5, 0.6) is 0 Å². The Bertz CT molecular complexity index is 1940. The molecule has 0 amide bonds. The van der Waals surface area contributed by atoms with Gasteiger partial charge in [0.1, 0.15) is 24.9 Å². The van der Waals surface area contributed by atoms with E-state index in [-0.39, 0.29) is 28.3 Å². The lowest BCUT2D eigenvalue weighted by atomic mass is 10.1. The molecule has 6 rings (SSSR count). The lowest BCUT2D eigenvalue weighted by Gasteiger charge is -2.28. The number of nitrogens with two attached hydrogens (primary N) is 1. The predicted molar refractivity (Wildman–Crippen MR) is 147 cm³/mol. The molecule has 0 aromatic carbocycles. The summed E-state index contributed by atoms with van der Waals surface area (Å²) >= 11 is 3.88. The molecule has 2 aliphatic rings. The van der Waals surface area contributed by atoms with E-state index in [1.165, 1.54) is 0 Å². The van der Waals surface area contributed by atoms with E-state index in [9.17, 15) is 28.7 Å². The number of aliphatic hydroxyl groups is 1. The SMILES string of the molecule is Nc1nc2c(ncn2[C@@H]2O[C@H](CO)[C@@H](F)[C@H]2OP(=O)(S)OC[C@H]2OC[C@@](F)(n3nnc4c(=O)[nH]cnc43)[C@@H]2O[PH](=O)O)c(=O)[nH]1. The molecule has 0 aliphatic carbocycles.